The highest BCUT2D eigenvalue weighted by Crippen LogP contribution is 2.31. The predicted octanol–water partition coefficient (Wildman–Crippen LogP) is 4.71. The summed E-state index contributed by atoms with van der Waals surface area (Å²) in [4.78, 5) is 13.0. The molecular weight excluding hydrogens is 393 g/mol. The van der Waals surface area contributed by atoms with Gasteiger partial charge in [0, 0.05) is 19.1 Å². The average Bonchev–Trinajstić information content (AvgIpc) is 2.67. The highest BCUT2D eigenvalue weighted by Gasteiger charge is 2.48. The monoisotopic (exact) mass is 422 g/mol. The van der Waals surface area contributed by atoms with E-state index in [0.29, 0.717) is 13.1 Å². The molecule has 0 aliphatic carbocycles. The first kappa shape index (κ1) is 23.9. The van der Waals surface area contributed by atoms with Crippen LogP contribution in [0.25, 0.3) is 0 Å². The molecule has 0 radical (unpaired) electrons. The van der Waals surface area contributed by atoms with Gasteiger partial charge in [0.25, 0.3) is 0 Å². The summed E-state index contributed by atoms with van der Waals surface area (Å²) in [6.45, 7) is 5.33. The third-order valence-corrected chi connectivity index (χ3v) is 5.06. The lowest BCUT2D eigenvalue weighted by molar-refractivity contribution is -0.180. The normalized spacial score (nSPS) is 15.2. The van der Waals surface area contributed by atoms with Gasteiger partial charge in [-0.2, -0.15) is 13.2 Å². The molecule has 2 aromatic rings. The van der Waals surface area contributed by atoms with Gasteiger partial charge < -0.3 is 5.11 Å². The number of hydrogen-bond donors (Lipinski definition) is 2. The molecule has 2 rings (SSSR count). The Bertz CT molecular complexity index is 741. The van der Waals surface area contributed by atoms with Crippen molar-refractivity contribution in [2.75, 3.05) is 0 Å². The van der Waals surface area contributed by atoms with Gasteiger partial charge in [-0.25, -0.2) is 0 Å². The maximum absolute atomic E-state index is 14.1. The molecule has 3 unspecified atom stereocenters. The van der Waals surface area contributed by atoms with Crippen LogP contribution in [0.2, 0.25) is 0 Å². The van der Waals surface area contributed by atoms with Crippen molar-refractivity contribution in [3.8, 4) is 0 Å². The van der Waals surface area contributed by atoms with E-state index in [-0.39, 0.29) is 5.92 Å². The number of carboxylic acid groups (broad SMARTS) is 1. The summed E-state index contributed by atoms with van der Waals surface area (Å²) in [7, 11) is 0. The molecule has 2 N–H and O–H groups in total. The van der Waals surface area contributed by atoms with Crippen LogP contribution in [0.5, 0.6) is 0 Å². The SMILES string of the molecule is CC(NC(C(C(C)C)N(Cc1ccccc1)Cc1ccccc1)C(F)(F)F)C(=O)O. The minimum Gasteiger partial charge on any atom is -0.480 e. The molecule has 7 heteroatoms. The van der Waals surface area contributed by atoms with E-state index in [0.717, 1.165) is 11.1 Å². The standard InChI is InChI=1S/C23H29F3N2O2/c1-16(2)20(21(23(24,25)26)27-17(3)22(29)30)28(14-18-10-6-4-7-11-18)15-19-12-8-5-9-13-19/h4-13,16-17,20-21,27H,14-15H2,1-3H3,(H,29,30). The van der Waals surface area contributed by atoms with Crippen molar-refractivity contribution in [2.45, 2.75) is 58.2 Å². The number of hydrogen-bond acceptors (Lipinski definition) is 3. The first-order valence-corrected chi connectivity index (χ1v) is 9.97. The zero-order chi connectivity index (χ0) is 22.3. The van der Waals surface area contributed by atoms with Crippen LogP contribution in [-0.4, -0.2) is 40.3 Å². The van der Waals surface area contributed by atoms with E-state index < -0.39 is 30.3 Å². The lowest BCUT2D eigenvalue weighted by Gasteiger charge is -2.41. The minimum atomic E-state index is -4.61. The summed E-state index contributed by atoms with van der Waals surface area (Å²) in [6.07, 6.45) is -4.61. The molecular formula is C23H29F3N2O2. The quantitative estimate of drug-likeness (QED) is 0.582. The van der Waals surface area contributed by atoms with Gasteiger partial charge >= 0.3 is 12.1 Å². The number of benzene rings is 2. The van der Waals surface area contributed by atoms with Crippen LogP contribution >= 0.6 is 0 Å². The molecule has 0 saturated carbocycles. The van der Waals surface area contributed by atoms with Gasteiger partial charge in [0.2, 0.25) is 0 Å². The molecule has 4 nitrogen and oxygen atoms in total. The lowest BCUT2D eigenvalue weighted by Crippen LogP contribution is -2.61. The number of nitrogens with zero attached hydrogens (tertiary/aromatic N) is 1. The Kier molecular flexibility index (Phi) is 8.43. The third-order valence-electron chi connectivity index (χ3n) is 5.06. The number of nitrogens with one attached hydrogen (secondary N) is 1. The predicted molar refractivity (Wildman–Crippen MR) is 111 cm³/mol. The largest absolute Gasteiger partial charge is 0.480 e. The molecule has 0 fully saturated rings. The Labute approximate surface area is 175 Å². The lowest BCUT2D eigenvalue weighted by atomic mass is 9.92. The Balaban J connectivity index is 2.45. The Hall–Kier alpha value is -2.38. The number of alkyl halides is 3. The van der Waals surface area contributed by atoms with Gasteiger partial charge in [-0.1, -0.05) is 74.5 Å². The highest BCUT2D eigenvalue weighted by molar-refractivity contribution is 5.72. The van der Waals surface area contributed by atoms with E-state index in [4.69, 9.17) is 0 Å². The summed E-state index contributed by atoms with van der Waals surface area (Å²) in [6, 6.07) is 14.4. The van der Waals surface area contributed by atoms with E-state index in [1.54, 1.807) is 18.7 Å². The van der Waals surface area contributed by atoms with E-state index in [2.05, 4.69) is 5.32 Å². The van der Waals surface area contributed by atoms with Gasteiger partial charge in [0.05, 0.1) is 0 Å². The smallest absolute Gasteiger partial charge is 0.405 e. The van der Waals surface area contributed by atoms with E-state index in [1.165, 1.54) is 6.92 Å². The average molecular weight is 422 g/mol. The second kappa shape index (κ2) is 10.6. The maximum Gasteiger partial charge on any atom is 0.405 e. The summed E-state index contributed by atoms with van der Waals surface area (Å²) in [5.74, 6) is -1.69. The molecule has 3 atom stereocenters. The molecule has 0 bridgehead atoms. The molecule has 0 spiro atoms. The zero-order valence-electron chi connectivity index (χ0n) is 17.4. The molecule has 30 heavy (non-hydrogen) atoms. The topological polar surface area (TPSA) is 52.6 Å². The summed E-state index contributed by atoms with van der Waals surface area (Å²) in [5, 5.41) is 11.5. The van der Waals surface area contributed by atoms with Crippen LogP contribution in [0.15, 0.2) is 60.7 Å². The van der Waals surface area contributed by atoms with Crippen LogP contribution < -0.4 is 5.32 Å². The maximum atomic E-state index is 14.1. The number of carboxylic acids is 1. The molecule has 0 aliphatic rings. The van der Waals surface area contributed by atoms with E-state index >= 15 is 0 Å². The van der Waals surface area contributed by atoms with Crippen molar-refractivity contribution in [1.82, 2.24) is 10.2 Å². The van der Waals surface area contributed by atoms with Gasteiger partial charge in [-0.15, -0.1) is 0 Å². The molecule has 0 heterocycles. The summed E-state index contributed by atoms with van der Waals surface area (Å²) >= 11 is 0. The first-order valence-electron chi connectivity index (χ1n) is 9.97. The number of rotatable bonds is 10. The molecule has 0 saturated heterocycles. The van der Waals surface area contributed by atoms with Crippen LogP contribution in [0.4, 0.5) is 13.2 Å². The second-order valence-corrected chi connectivity index (χ2v) is 7.86. The first-order chi connectivity index (χ1) is 14.1. The van der Waals surface area contributed by atoms with Crippen molar-refractivity contribution in [3.63, 3.8) is 0 Å². The Morgan fingerprint density at radius 2 is 1.37 bits per heavy atom. The molecule has 0 aliphatic heterocycles. The van der Waals surface area contributed by atoms with Gasteiger partial charge in [0.1, 0.15) is 12.1 Å². The van der Waals surface area contributed by atoms with Crippen molar-refractivity contribution >= 4 is 5.97 Å². The summed E-state index contributed by atoms with van der Waals surface area (Å²) in [5.41, 5.74) is 1.79. The second-order valence-electron chi connectivity index (χ2n) is 7.86. The van der Waals surface area contributed by atoms with Crippen LogP contribution in [-0.2, 0) is 17.9 Å². The van der Waals surface area contributed by atoms with E-state index in [9.17, 15) is 23.1 Å². The van der Waals surface area contributed by atoms with Crippen molar-refractivity contribution in [2.24, 2.45) is 5.92 Å². The zero-order valence-corrected chi connectivity index (χ0v) is 17.4. The molecule has 2 aromatic carbocycles. The fourth-order valence-corrected chi connectivity index (χ4v) is 3.65. The fraction of sp³-hybridized carbons (Fsp3) is 0.435. The van der Waals surface area contributed by atoms with Crippen LogP contribution in [0.3, 0.4) is 0 Å². The van der Waals surface area contributed by atoms with Crippen molar-refractivity contribution in [1.29, 1.82) is 0 Å². The van der Waals surface area contributed by atoms with Crippen molar-refractivity contribution < 1.29 is 23.1 Å². The highest BCUT2D eigenvalue weighted by atomic mass is 19.4. The fourth-order valence-electron chi connectivity index (χ4n) is 3.65. The van der Waals surface area contributed by atoms with Gasteiger partial charge in [-0.05, 0) is 24.0 Å². The molecule has 164 valence electrons. The summed E-state index contributed by atoms with van der Waals surface area (Å²) < 4.78 is 42.3. The molecule has 0 amide bonds. The van der Waals surface area contributed by atoms with Gasteiger partial charge in [-0.3, -0.25) is 15.0 Å². The molecule has 0 aromatic heterocycles. The number of halogens is 3. The number of aliphatic carboxylic acids is 1. The van der Waals surface area contributed by atoms with Gasteiger partial charge in [0.15, 0.2) is 0 Å². The number of carbonyl (C=O) groups is 1. The van der Waals surface area contributed by atoms with Crippen LogP contribution in [0, 0.1) is 5.92 Å². The van der Waals surface area contributed by atoms with Crippen LogP contribution in [0.1, 0.15) is 31.9 Å². The Morgan fingerprint density at radius 3 is 1.70 bits per heavy atom. The Morgan fingerprint density at radius 1 is 0.933 bits per heavy atom. The van der Waals surface area contributed by atoms with E-state index in [1.807, 2.05) is 60.7 Å². The van der Waals surface area contributed by atoms with Crippen molar-refractivity contribution in [3.05, 3.63) is 71.8 Å². The minimum absolute atomic E-state index is 0.314. The third kappa shape index (κ3) is 6.85.